The fourth-order valence-electron chi connectivity index (χ4n) is 4.07. The molecule has 0 aliphatic carbocycles. The standard InChI is InChI=1S/C23H33FN4O/c1-18-21(10-11-25-18)23(29)28(14-13-26(2)3)16-19-7-6-12-27(15-19)17-20-8-4-5-9-22(20)24/h4-5,8-11,19,25H,6-7,12-17H2,1-3H3. The quantitative estimate of drug-likeness (QED) is 0.739. The molecule has 1 aliphatic heterocycles. The van der Waals surface area contributed by atoms with E-state index in [2.05, 4.69) is 14.8 Å². The number of H-pyrrole nitrogens is 1. The number of amides is 1. The number of likely N-dealkylation sites (tertiary alicyclic amines) is 1. The van der Waals surface area contributed by atoms with Gasteiger partial charge in [0.15, 0.2) is 0 Å². The Morgan fingerprint density at radius 1 is 1.24 bits per heavy atom. The van der Waals surface area contributed by atoms with Gasteiger partial charge in [0.2, 0.25) is 0 Å². The summed E-state index contributed by atoms with van der Waals surface area (Å²) >= 11 is 0. The van der Waals surface area contributed by atoms with Gasteiger partial charge in [0.05, 0.1) is 5.56 Å². The Morgan fingerprint density at radius 3 is 2.72 bits per heavy atom. The third-order valence-corrected chi connectivity index (χ3v) is 5.72. The molecule has 29 heavy (non-hydrogen) atoms. The molecule has 3 rings (SSSR count). The summed E-state index contributed by atoms with van der Waals surface area (Å²) < 4.78 is 14.0. The van der Waals surface area contributed by atoms with E-state index in [9.17, 15) is 9.18 Å². The third kappa shape index (κ3) is 5.90. The van der Waals surface area contributed by atoms with E-state index in [4.69, 9.17) is 0 Å². The highest BCUT2D eigenvalue weighted by Gasteiger charge is 2.26. The second-order valence-electron chi connectivity index (χ2n) is 8.41. The Labute approximate surface area is 173 Å². The first kappa shape index (κ1) is 21.5. The van der Waals surface area contributed by atoms with Gasteiger partial charge in [-0.25, -0.2) is 4.39 Å². The van der Waals surface area contributed by atoms with E-state index in [0.717, 1.165) is 55.8 Å². The molecule has 1 aliphatic rings. The molecule has 0 radical (unpaired) electrons. The molecule has 1 amide bonds. The summed E-state index contributed by atoms with van der Waals surface area (Å²) in [4.78, 5) is 22.7. The number of carbonyl (C=O) groups is 1. The number of aryl methyl sites for hydroxylation is 1. The van der Waals surface area contributed by atoms with Gasteiger partial charge in [-0.05, 0) is 58.5 Å². The molecule has 0 saturated carbocycles. The summed E-state index contributed by atoms with van der Waals surface area (Å²) in [5, 5.41) is 0. The molecular weight excluding hydrogens is 367 g/mol. The van der Waals surface area contributed by atoms with Gasteiger partial charge in [-0.2, -0.15) is 0 Å². The van der Waals surface area contributed by atoms with Crippen molar-refractivity contribution in [3.05, 3.63) is 59.2 Å². The number of piperidine rings is 1. The molecular formula is C23H33FN4O. The van der Waals surface area contributed by atoms with E-state index in [1.807, 2.05) is 50.3 Å². The fraction of sp³-hybridized carbons (Fsp3) is 0.522. The monoisotopic (exact) mass is 400 g/mol. The van der Waals surface area contributed by atoms with E-state index >= 15 is 0 Å². The molecule has 1 unspecified atom stereocenters. The van der Waals surface area contributed by atoms with Crippen LogP contribution in [0.25, 0.3) is 0 Å². The molecule has 1 atom stereocenters. The number of rotatable bonds is 8. The number of nitrogens with one attached hydrogen (secondary N) is 1. The van der Waals surface area contributed by atoms with Crippen molar-refractivity contribution in [3.63, 3.8) is 0 Å². The Morgan fingerprint density at radius 2 is 2.03 bits per heavy atom. The summed E-state index contributed by atoms with van der Waals surface area (Å²) in [6.45, 7) is 6.73. The van der Waals surface area contributed by atoms with Crippen molar-refractivity contribution in [2.24, 2.45) is 5.92 Å². The number of aromatic nitrogens is 1. The van der Waals surface area contributed by atoms with E-state index in [-0.39, 0.29) is 11.7 Å². The zero-order valence-electron chi connectivity index (χ0n) is 17.8. The lowest BCUT2D eigenvalue weighted by molar-refractivity contribution is 0.0659. The molecule has 1 N–H and O–H groups in total. The zero-order valence-corrected chi connectivity index (χ0v) is 17.8. The predicted molar refractivity (Wildman–Crippen MR) is 114 cm³/mol. The van der Waals surface area contributed by atoms with Gasteiger partial charge >= 0.3 is 0 Å². The Hall–Kier alpha value is -2.18. The number of hydrogen-bond acceptors (Lipinski definition) is 3. The van der Waals surface area contributed by atoms with Crippen LogP contribution >= 0.6 is 0 Å². The van der Waals surface area contributed by atoms with Gasteiger partial charge in [-0.1, -0.05) is 18.2 Å². The number of likely N-dealkylation sites (N-methyl/N-ethyl adjacent to an activating group) is 1. The fourth-order valence-corrected chi connectivity index (χ4v) is 4.07. The Balaban J connectivity index is 1.65. The minimum Gasteiger partial charge on any atom is -0.365 e. The van der Waals surface area contributed by atoms with Crippen molar-refractivity contribution in [1.82, 2.24) is 19.7 Å². The number of hydrogen-bond donors (Lipinski definition) is 1. The van der Waals surface area contributed by atoms with Crippen molar-refractivity contribution in [1.29, 1.82) is 0 Å². The molecule has 5 nitrogen and oxygen atoms in total. The van der Waals surface area contributed by atoms with Crippen molar-refractivity contribution >= 4 is 5.91 Å². The number of aromatic amines is 1. The van der Waals surface area contributed by atoms with Gasteiger partial charge in [-0.3, -0.25) is 9.69 Å². The molecule has 158 valence electrons. The maximum absolute atomic E-state index is 14.0. The lowest BCUT2D eigenvalue weighted by Gasteiger charge is -2.36. The van der Waals surface area contributed by atoms with Crippen LogP contribution in [0.3, 0.4) is 0 Å². The highest BCUT2D eigenvalue weighted by molar-refractivity contribution is 5.95. The summed E-state index contributed by atoms with van der Waals surface area (Å²) in [5.41, 5.74) is 2.41. The Kier molecular flexibility index (Phi) is 7.45. The van der Waals surface area contributed by atoms with Crippen LogP contribution in [0.15, 0.2) is 36.5 Å². The van der Waals surface area contributed by atoms with Crippen LogP contribution in [-0.4, -0.2) is 72.4 Å². The first-order valence-electron chi connectivity index (χ1n) is 10.5. The molecule has 1 fully saturated rings. The van der Waals surface area contributed by atoms with Crippen LogP contribution in [0.1, 0.15) is 34.5 Å². The van der Waals surface area contributed by atoms with Gasteiger partial charge < -0.3 is 14.8 Å². The minimum absolute atomic E-state index is 0.0943. The maximum Gasteiger partial charge on any atom is 0.255 e. The smallest absolute Gasteiger partial charge is 0.255 e. The topological polar surface area (TPSA) is 42.6 Å². The number of nitrogens with zero attached hydrogens (tertiary/aromatic N) is 3. The lowest BCUT2D eigenvalue weighted by atomic mass is 9.96. The van der Waals surface area contributed by atoms with Crippen LogP contribution in [0, 0.1) is 18.7 Å². The zero-order chi connectivity index (χ0) is 20.8. The summed E-state index contributed by atoms with van der Waals surface area (Å²) in [5.74, 6) is 0.359. The van der Waals surface area contributed by atoms with E-state index < -0.39 is 0 Å². The van der Waals surface area contributed by atoms with E-state index in [1.165, 1.54) is 6.07 Å². The van der Waals surface area contributed by atoms with Crippen LogP contribution < -0.4 is 0 Å². The molecule has 6 heteroatoms. The van der Waals surface area contributed by atoms with Gasteiger partial charge in [0, 0.05) is 50.2 Å². The number of carbonyl (C=O) groups excluding carboxylic acids is 1. The van der Waals surface area contributed by atoms with Gasteiger partial charge in [0.1, 0.15) is 5.82 Å². The molecule has 1 aromatic carbocycles. The average molecular weight is 401 g/mol. The second-order valence-corrected chi connectivity index (χ2v) is 8.41. The maximum atomic E-state index is 14.0. The first-order chi connectivity index (χ1) is 13.9. The first-order valence-corrected chi connectivity index (χ1v) is 10.5. The van der Waals surface area contributed by atoms with Crippen molar-refractivity contribution in [3.8, 4) is 0 Å². The highest BCUT2D eigenvalue weighted by Crippen LogP contribution is 2.22. The van der Waals surface area contributed by atoms with E-state index in [0.29, 0.717) is 19.0 Å². The average Bonchev–Trinajstić information content (AvgIpc) is 3.12. The SMILES string of the molecule is Cc1[nH]ccc1C(=O)N(CCN(C)C)CC1CCCN(Cc2ccccc2F)C1. The van der Waals surface area contributed by atoms with Gasteiger partial charge in [-0.15, -0.1) is 0 Å². The summed E-state index contributed by atoms with van der Waals surface area (Å²) in [6.07, 6.45) is 4.01. The molecule has 1 saturated heterocycles. The molecule has 1 aromatic heterocycles. The Bertz CT molecular complexity index is 804. The van der Waals surface area contributed by atoms with Crippen molar-refractivity contribution in [2.75, 3.05) is 46.8 Å². The summed E-state index contributed by atoms with van der Waals surface area (Å²) in [6, 6.07) is 8.87. The van der Waals surface area contributed by atoms with Crippen molar-refractivity contribution in [2.45, 2.75) is 26.3 Å². The van der Waals surface area contributed by atoms with Crippen molar-refractivity contribution < 1.29 is 9.18 Å². The molecule has 0 bridgehead atoms. The molecule has 2 heterocycles. The largest absolute Gasteiger partial charge is 0.365 e. The second kappa shape index (κ2) is 10.0. The summed E-state index contributed by atoms with van der Waals surface area (Å²) in [7, 11) is 4.06. The predicted octanol–water partition coefficient (Wildman–Crippen LogP) is 3.38. The van der Waals surface area contributed by atoms with Crippen LogP contribution in [0.2, 0.25) is 0 Å². The highest BCUT2D eigenvalue weighted by atomic mass is 19.1. The number of halogens is 1. The van der Waals surface area contributed by atoms with E-state index in [1.54, 1.807) is 6.07 Å². The normalized spacial score (nSPS) is 17.6. The molecule has 2 aromatic rings. The van der Waals surface area contributed by atoms with Crippen LogP contribution in [-0.2, 0) is 6.54 Å². The molecule has 0 spiro atoms. The minimum atomic E-state index is -0.139. The number of benzene rings is 1. The van der Waals surface area contributed by atoms with Crippen LogP contribution in [0.4, 0.5) is 4.39 Å². The third-order valence-electron chi connectivity index (χ3n) is 5.72. The van der Waals surface area contributed by atoms with Crippen LogP contribution in [0.5, 0.6) is 0 Å². The van der Waals surface area contributed by atoms with Gasteiger partial charge in [0.25, 0.3) is 5.91 Å². The lowest BCUT2D eigenvalue weighted by Crippen LogP contribution is -2.44.